The zero-order valence-electron chi connectivity index (χ0n) is 11.5. The van der Waals surface area contributed by atoms with Crippen LogP contribution < -0.4 is 0 Å². The average molecular weight is 322 g/mol. The Labute approximate surface area is 132 Å². The molecule has 0 aliphatic carbocycles. The third kappa shape index (κ3) is 3.28. The fraction of sp³-hybridized carbons (Fsp3) is 0.312. The summed E-state index contributed by atoms with van der Waals surface area (Å²) in [5.41, 5.74) is 1.06. The van der Waals surface area contributed by atoms with E-state index in [2.05, 4.69) is 0 Å². The van der Waals surface area contributed by atoms with Crippen molar-refractivity contribution >= 4 is 28.8 Å². The summed E-state index contributed by atoms with van der Waals surface area (Å²) in [6, 6.07) is 11.4. The molecule has 0 saturated carbocycles. The zero-order valence-corrected chi connectivity index (χ0v) is 13.0. The number of rotatable bonds is 2. The zero-order chi connectivity index (χ0) is 14.8. The first-order chi connectivity index (χ1) is 10.1. The van der Waals surface area contributed by atoms with Crippen LogP contribution in [0.3, 0.4) is 0 Å². The van der Waals surface area contributed by atoms with E-state index in [4.69, 9.17) is 11.6 Å². The van der Waals surface area contributed by atoms with Crippen LogP contribution in [0.4, 0.5) is 0 Å². The lowest BCUT2D eigenvalue weighted by Gasteiger charge is -2.29. The number of benzene rings is 1. The highest BCUT2D eigenvalue weighted by Gasteiger charge is 2.24. The third-order valence-electron chi connectivity index (χ3n) is 3.63. The first-order valence-corrected chi connectivity index (χ1v) is 8.16. The number of aliphatic hydroxyl groups excluding tert-OH is 1. The number of amides is 1. The summed E-state index contributed by atoms with van der Waals surface area (Å²) >= 11 is 7.37. The smallest absolute Gasteiger partial charge is 0.264 e. The van der Waals surface area contributed by atoms with E-state index >= 15 is 0 Å². The van der Waals surface area contributed by atoms with E-state index in [1.165, 1.54) is 11.3 Å². The van der Waals surface area contributed by atoms with Gasteiger partial charge in [0.2, 0.25) is 0 Å². The molecule has 1 N–H and O–H groups in total. The molecule has 3 nitrogen and oxygen atoms in total. The standard InChI is InChI=1S/C16H16ClNO2S/c17-12-5-3-11(4-6-12)14-7-8-15(21-14)16(20)18-9-1-2-13(19)10-18/h3-8,13,19H,1-2,9-10H2. The van der Waals surface area contributed by atoms with Crippen LogP contribution in [0, 0.1) is 0 Å². The van der Waals surface area contributed by atoms with E-state index in [0.29, 0.717) is 16.4 Å². The number of hydrogen-bond acceptors (Lipinski definition) is 3. The Morgan fingerprint density at radius 3 is 2.71 bits per heavy atom. The van der Waals surface area contributed by atoms with Crippen molar-refractivity contribution in [3.05, 3.63) is 46.3 Å². The number of carbonyl (C=O) groups is 1. The van der Waals surface area contributed by atoms with Crippen LogP contribution in [0.15, 0.2) is 36.4 Å². The van der Waals surface area contributed by atoms with Crippen molar-refractivity contribution in [2.24, 2.45) is 0 Å². The number of carbonyl (C=O) groups excluding carboxylic acids is 1. The molecule has 5 heteroatoms. The van der Waals surface area contributed by atoms with E-state index in [0.717, 1.165) is 29.8 Å². The van der Waals surface area contributed by atoms with E-state index < -0.39 is 6.10 Å². The molecule has 21 heavy (non-hydrogen) atoms. The van der Waals surface area contributed by atoms with Crippen LogP contribution in [-0.4, -0.2) is 35.1 Å². The fourth-order valence-corrected chi connectivity index (χ4v) is 3.62. The molecule has 0 spiro atoms. The maximum Gasteiger partial charge on any atom is 0.264 e. The van der Waals surface area contributed by atoms with E-state index in [9.17, 15) is 9.90 Å². The summed E-state index contributed by atoms with van der Waals surface area (Å²) in [6.07, 6.45) is 1.26. The number of piperidine rings is 1. The second kappa shape index (κ2) is 6.18. The van der Waals surface area contributed by atoms with Gasteiger partial charge in [-0.05, 0) is 42.7 Å². The van der Waals surface area contributed by atoms with Gasteiger partial charge in [0.25, 0.3) is 5.91 Å². The number of hydrogen-bond donors (Lipinski definition) is 1. The summed E-state index contributed by atoms with van der Waals surface area (Å²) in [4.78, 5) is 16.0. The lowest BCUT2D eigenvalue weighted by molar-refractivity contribution is 0.0478. The number of β-amino-alcohol motifs (C(OH)–C–C–N with tert-alkyl or cyclic N) is 1. The fourth-order valence-electron chi connectivity index (χ4n) is 2.52. The van der Waals surface area contributed by atoms with Gasteiger partial charge < -0.3 is 10.0 Å². The van der Waals surface area contributed by atoms with Crippen LogP contribution in [0.2, 0.25) is 5.02 Å². The molecule has 2 heterocycles. The number of nitrogens with zero attached hydrogens (tertiary/aromatic N) is 1. The average Bonchev–Trinajstić information content (AvgIpc) is 2.97. The van der Waals surface area contributed by atoms with Gasteiger partial charge in [-0.15, -0.1) is 11.3 Å². The number of thiophene rings is 1. The molecular formula is C16H16ClNO2S. The molecule has 1 aromatic heterocycles. The maximum absolute atomic E-state index is 12.4. The van der Waals surface area contributed by atoms with Gasteiger partial charge in [-0.3, -0.25) is 4.79 Å². The van der Waals surface area contributed by atoms with Crippen molar-refractivity contribution in [2.75, 3.05) is 13.1 Å². The molecule has 1 atom stereocenters. The van der Waals surface area contributed by atoms with Gasteiger partial charge in [-0.2, -0.15) is 0 Å². The minimum absolute atomic E-state index is 0.0129. The van der Waals surface area contributed by atoms with Gasteiger partial charge in [-0.25, -0.2) is 0 Å². The lowest BCUT2D eigenvalue weighted by atomic mass is 10.1. The largest absolute Gasteiger partial charge is 0.391 e. The molecule has 0 bridgehead atoms. The van der Waals surface area contributed by atoms with E-state index in [1.54, 1.807) is 4.90 Å². The molecular weight excluding hydrogens is 306 g/mol. The van der Waals surface area contributed by atoms with Crippen LogP contribution in [0.5, 0.6) is 0 Å². The molecule has 0 radical (unpaired) electrons. The first kappa shape index (κ1) is 14.6. The minimum atomic E-state index is -0.390. The Morgan fingerprint density at radius 1 is 1.24 bits per heavy atom. The van der Waals surface area contributed by atoms with Crippen molar-refractivity contribution in [3.63, 3.8) is 0 Å². The van der Waals surface area contributed by atoms with Gasteiger partial charge >= 0.3 is 0 Å². The second-order valence-electron chi connectivity index (χ2n) is 5.22. The van der Waals surface area contributed by atoms with Crippen molar-refractivity contribution in [1.29, 1.82) is 0 Å². The summed E-state index contributed by atoms with van der Waals surface area (Å²) in [5.74, 6) is 0.0129. The SMILES string of the molecule is O=C(c1ccc(-c2ccc(Cl)cc2)s1)N1CCCC(O)C1. The minimum Gasteiger partial charge on any atom is -0.391 e. The van der Waals surface area contributed by atoms with Crippen molar-refractivity contribution in [1.82, 2.24) is 4.90 Å². The maximum atomic E-state index is 12.4. The summed E-state index contributed by atoms with van der Waals surface area (Å²) in [7, 11) is 0. The molecule has 110 valence electrons. The van der Waals surface area contributed by atoms with Crippen LogP contribution in [-0.2, 0) is 0 Å². The molecule has 1 aliphatic rings. The molecule has 1 aromatic carbocycles. The highest BCUT2D eigenvalue weighted by Crippen LogP contribution is 2.30. The first-order valence-electron chi connectivity index (χ1n) is 6.96. The van der Waals surface area contributed by atoms with Crippen LogP contribution in [0.1, 0.15) is 22.5 Å². The monoisotopic (exact) mass is 321 g/mol. The highest BCUT2D eigenvalue weighted by molar-refractivity contribution is 7.17. The quantitative estimate of drug-likeness (QED) is 0.917. The molecule has 1 unspecified atom stereocenters. The topological polar surface area (TPSA) is 40.5 Å². The lowest BCUT2D eigenvalue weighted by Crippen LogP contribution is -2.41. The van der Waals surface area contributed by atoms with Crippen LogP contribution >= 0.6 is 22.9 Å². The Balaban J connectivity index is 1.78. The Hall–Kier alpha value is -1.36. The van der Waals surface area contributed by atoms with Gasteiger partial charge in [0, 0.05) is 23.0 Å². The second-order valence-corrected chi connectivity index (χ2v) is 6.74. The summed E-state index contributed by atoms with van der Waals surface area (Å²) in [6.45, 7) is 1.16. The van der Waals surface area contributed by atoms with Gasteiger partial charge in [0.15, 0.2) is 0 Å². The molecule has 1 saturated heterocycles. The van der Waals surface area contributed by atoms with Crippen molar-refractivity contribution < 1.29 is 9.90 Å². The molecule has 3 rings (SSSR count). The number of likely N-dealkylation sites (tertiary alicyclic amines) is 1. The highest BCUT2D eigenvalue weighted by atomic mass is 35.5. The Kier molecular flexibility index (Phi) is 4.29. The van der Waals surface area contributed by atoms with Crippen LogP contribution in [0.25, 0.3) is 10.4 Å². The predicted molar refractivity (Wildman–Crippen MR) is 85.9 cm³/mol. The molecule has 1 amide bonds. The number of halogens is 1. The molecule has 1 fully saturated rings. The van der Waals surface area contributed by atoms with Crippen molar-refractivity contribution in [2.45, 2.75) is 18.9 Å². The van der Waals surface area contributed by atoms with Crippen molar-refractivity contribution in [3.8, 4) is 10.4 Å². The molecule has 2 aromatic rings. The Morgan fingerprint density at radius 2 is 2.00 bits per heavy atom. The third-order valence-corrected chi connectivity index (χ3v) is 5.00. The van der Waals surface area contributed by atoms with Gasteiger partial charge in [0.1, 0.15) is 0 Å². The van der Waals surface area contributed by atoms with Gasteiger partial charge in [-0.1, -0.05) is 23.7 Å². The number of aliphatic hydroxyl groups is 1. The normalized spacial score (nSPS) is 18.8. The summed E-state index contributed by atoms with van der Waals surface area (Å²) < 4.78 is 0. The van der Waals surface area contributed by atoms with E-state index in [1.807, 2.05) is 36.4 Å². The summed E-state index contributed by atoms with van der Waals surface area (Å²) in [5, 5.41) is 10.4. The molecule has 1 aliphatic heterocycles. The van der Waals surface area contributed by atoms with Gasteiger partial charge in [0.05, 0.1) is 11.0 Å². The Bertz CT molecular complexity index is 638. The predicted octanol–water partition coefficient (Wildman–Crippen LogP) is 3.67. The van der Waals surface area contributed by atoms with E-state index in [-0.39, 0.29) is 5.91 Å².